The van der Waals surface area contributed by atoms with Gasteiger partial charge in [0, 0.05) is 37.3 Å². The SMILES string of the molecule is C=CC(=O)N1CCC(C(=O)Nc2cc(C3CC3)n(CC)n2)C1. The van der Waals surface area contributed by atoms with Crippen molar-refractivity contribution in [2.24, 2.45) is 5.92 Å². The van der Waals surface area contributed by atoms with Gasteiger partial charge in [-0.2, -0.15) is 5.10 Å². The van der Waals surface area contributed by atoms with Crippen molar-refractivity contribution in [3.63, 3.8) is 0 Å². The summed E-state index contributed by atoms with van der Waals surface area (Å²) in [5.41, 5.74) is 1.22. The summed E-state index contributed by atoms with van der Waals surface area (Å²) in [6.07, 6.45) is 4.40. The Morgan fingerprint density at radius 2 is 2.23 bits per heavy atom. The fourth-order valence-corrected chi connectivity index (χ4v) is 2.99. The molecule has 118 valence electrons. The van der Waals surface area contributed by atoms with Crippen LogP contribution in [0.25, 0.3) is 0 Å². The van der Waals surface area contributed by atoms with Crippen LogP contribution >= 0.6 is 0 Å². The van der Waals surface area contributed by atoms with Crippen LogP contribution in [0, 0.1) is 5.92 Å². The highest BCUT2D eigenvalue weighted by Gasteiger charge is 2.31. The van der Waals surface area contributed by atoms with Gasteiger partial charge in [0.05, 0.1) is 5.92 Å². The number of rotatable bonds is 5. The number of amides is 2. The summed E-state index contributed by atoms with van der Waals surface area (Å²) in [4.78, 5) is 25.6. The Kier molecular flexibility index (Phi) is 4.00. The number of carbonyl (C=O) groups excluding carboxylic acids is 2. The van der Waals surface area contributed by atoms with Gasteiger partial charge in [0.1, 0.15) is 0 Å². The fraction of sp³-hybridized carbons (Fsp3) is 0.562. The van der Waals surface area contributed by atoms with Gasteiger partial charge in [0.2, 0.25) is 11.8 Å². The maximum atomic E-state index is 12.3. The van der Waals surface area contributed by atoms with Crippen LogP contribution < -0.4 is 5.32 Å². The minimum Gasteiger partial charge on any atom is -0.338 e. The topological polar surface area (TPSA) is 67.2 Å². The highest BCUT2D eigenvalue weighted by atomic mass is 16.2. The molecule has 2 aliphatic rings. The molecule has 2 heterocycles. The number of nitrogens with one attached hydrogen (secondary N) is 1. The van der Waals surface area contributed by atoms with E-state index >= 15 is 0 Å². The molecule has 1 saturated heterocycles. The lowest BCUT2D eigenvalue weighted by atomic mass is 10.1. The monoisotopic (exact) mass is 302 g/mol. The molecule has 1 unspecified atom stereocenters. The highest BCUT2D eigenvalue weighted by Crippen LogP contribution is 2.40. The van der Waals surface area contributed by atoms with Crippen molar-refractivity contribution in [3.05, 3.63) is 24.4 Å². The van der Waals surface area contributed by atoms with E-state index in [-0.39, 0.29) is 17.7 Å². The zero-order chi connectivity index (χ0) is 15.7. The summed E-state index contributed by atoms with van der Waals surface area (Å²) in [5.74, 6) is 0.900. The Hall–Kier alpha value is -2.11. The van der Waals surface area contributed by atoms with E-state index in [2.05, 4.69) is 23.9 Å². The molecule has 1 aromatic heterocycles. The van der Waals surface area contributed by atoms with E-state index in [0.29, 0.717) is 31.2 Å². The lowest BCUT2D eigenvalue weighted by molar-refractivity contribution is -0.125. The second-order valence-corrected chi connectivity index (χ2v) is 6.01. The molecule has 0 aromatic carbocycles. The summed E-state index contributed by atoms with van der Waals surface area (Å²) >= 11 is 0. The number of hydrogen-bond acceptors (Lipinski definition) is 3. The highest BCUT2D eigenvalue weighted by molar-refractivity contribution is 5.93. The van der Waals surface area contributed by atoms with E-state index < -0.39 is 0 Å². The van der Waals surface area contributed by atoms with Crippen LogP contribution in [-0.2, 0) is 16.1 Å². The summed E-state index contributed by atoms with van der Waals surface area (Å²) in [6.45, 7) is 7.42. The van der Waals surface area contributed by atoms with E-state index in [4.69, 9.17) is 0 Å². The molecule has 1 aromatic rings. The van der Waals surface area contributed by atoms with Gasteiger partial charge in [-0.15, -0.1) is 0 Å². The first-order valence-corrected chi connectivity index (χ1v) is 7.92. The minimum absolute atomic E-state index is 0.0533. The molecule has 1 N–H and O–H groups in total. The molecule has 6 nitrogen and oxygen atoms in total. The zero-order valence-electron chi connectivity index (χ0n) is 12.9. The standard InChI is InChI=1S/C16H22N4O2/c1-3-15(21)19-8-7-12(10-19)16(22)17-14-9-13(11-5-6-11)20(4-2)18-14/h3,9,11-12H,1,4-8,10H2,2H3,(H,17,18,22). The van der Waals surface area contributed by atoms with Gasteiger partial charge >= 0.3 is 0 Å². The molecule has 2 amide bonds. The third-order valence-corrected chi connectivity index (χ3v) is 4.40. The maximum Gasteiger partial charge on any atom is 0.245 e. The minimum atomic E-state index is -0.167. The van der Waals surface area contributed by atoms with Gasteiger partial charge in [-0.05, 0) is 32.3 Å². The maximum absolute atomic E-state index is 12.3. The molecular weight excluding hydrogens is 280 g/mol. The number of nitrogens with zero attached hydrogens (tertiary/aromatic N) is 3. The van der Waals surface area contributed by atoms with E-state index in [1.165, 1.54) is 24.6 Å². The van der Waals surface area contributed by atoms with Crippen LogP contribution in [0.5, 0.6) is 0 Å². The molecule has 0 radical (unpaired) electrons. The Balaban J connectivity index is 1.62. The predicted molar refractivity (Wildman–Crippen MR) is 83.4 cm³/mol. The Morgan fingerprint density at radius 3 is 2.86 bits per heavy atom. The Morgan fingerprint density at radius 1 is 1.45 bits per heavy atom. The second kappa shape index (κ2) is 5.94. The number of aromatic nitrogens is 2. The average molecular weight is 302 g/mol. The van der Waals surface area contributed by atoms with E-state index in [1.807, 2.05) is 10.7 Å². The molecule has 2 fully saturated rings. The van der Waals surface area contributed by atoms with Crippen LogP contribution in [0.1, 0.15) is 37.8 Å². The van der Waals surface area contributed by atoms with Gasteiger partial charge in [0.25, 0.3) is 0 Å². The molecule has 0 bridgehead atoms. The molecule has 22 heavy (non-hydrogen) atoms. The fourth-order valence-electron chi connectivity index (χ4n) is 2.99. The third-order valence-electron chi connectivity index (χ3n) is 4.40. The first-order chi connectivity index (χ1) is 10.6. The molecule has 3 rings (SSSR count). The number of carbonyl (C=O) groups is 2. The van der Waals surface area contributed by atoms with E-state index in [9.17, 15) is 9.59 Å². The largest absolute Gasteiger partial charge is 0.338 e. The predicted octanol–water partition coefficient (Wildman–Crippen LogP) is 1.75. The number of hydrogen-bond donors (Lipinski definition) is 1. The smallest absolute Gasteiger partial charge is 0.245 e. The lowest BCUT2D eigenvalue weighted by Gasteiger charge is -2.13. The molecule has 1 atom stereocenters. The van der Waals surface area contributed by atoms with Crippen molar-refractivity contribution in [1.29, 1.82) is 0 Å². The molecule has 1 aliphatic carbocycles. The average Bonchev–Trinajstić information content (AvgIpc) is 3.10. The number of anilines is 1. The van der Waals surface area contributed by atoms with Gasteiger partial charge in [-0.1, -0.05) is 6.58 Å². The van der Waals surface area contributed by atoms with Crippen molar-refractivity contribution in [1.82, 2.24) is 14.7 Å². The molecule has 6 heteroatoms. The first kappa shape index (κ1) is 14.8. The molecule has 0 spiro atoms. The summed E-state index contributed by atoms with van der Waals surface area (Å²) in [5, 5.41) is 7.36. The normalized spacial score (nSPS) is 21.0. The number of likely N-dealkylation sites (tertiary alicyclic amines) is 1. The molecular formula is C16H22N4O2. The van der Waals surface area contributed by atoms with Gasteiger partial charge in [-0.25, -0.2) is 0 Å². The van der Waals surface area contributed by atoms with E-state index in [0.717, 1.165) is 6.54 Å². The molecule has 1 aliphatic heterocycles. The van der Waals surface area contributed by atoms with Crippen molar-refractivity contribution >= 4 is 17.6 Å². The summed E-state index contributed by atoms with van der Waals surface area (Å²) < 4.78 is 1.97. The second-order valence-electron chi connectivity index (χ2n) is 6.01. The van der Waals surface area contributed by atoms with Crippen LogP contribution in [0.3, 0.4) is 0 Å². The number of aryl methyl sites for hydroxylation is 1. The quantitative estimate of drug-likeness (QED) is 0.843. The Labute approximate surface area is 130 Å². The van der Waals surface area contributed by atoms with Crippen LogP contribution in [0.2, 0.25) is 0 Å². The van der Waals surface area contributed by atoms with E-state index in [1.54, 1.807) is 4.90 Å². The first-order valence-electron chi connectivity index (χ1n) is 7.92. The van der Waals surface area contributed by atoms with Crippen molar-refractivity contribution < 1.29 is 9.59 Å². The molecule has 1 saturated carbocycles. The van der Waals surface area contributed by atoms with Crippen LogP contribution in [0.4, 0.5) is 5.82 Å². The lowest BCUT2D eigenvalue weighted by Crippen LogP contribution is -2.30. The van der Waals surface area contributed by atoms with Gasteiger partial charge in [-0.3, -0.25) is 14.3 Å². The third kappa shape index (κ3) is 2.91. The van der Waals surface area contributed by atoms with Crippen LogP contribution in [-0.4, -0.2) is 39.6 Å². The van der Waals surface area contributed by atoms with Gasteiger partial charge < -0.3 is 10.2 Å². The van der Waals surface area contributed by atoms with Crippen molar-refractivity contribution in [3.8, 4) is 0 Å². The Bertz CT molecular complexity index is 603. The van der Waals surface area contributed by atoms with Crippen molar-refractivity contribution in [2.45, 2.75) is 38.6 Å². The summed E-state index contributed by atoms with van der Waals surface area (Å²) in [7, 11) is 0. The zero-order valence-corrected chi connectivity index (χ0v) is 12.9. The summed E-state index contributed by atoms with van der Waals surface area (Å²) in [6, 6.07) is 1.99. The van der Waals surface area contributed by atoms with Crippen LogP contribution in [0.15, 0.2) is 18.7 Å². The van der Waals surface area contributed by atoms with Crippen molar-refractivity contribution in [2.75, 3.05) is 18.4 Å². The van der Waals surface area contributed by atoms with Gasteiger partial charge in [0.15, 0.2) is 5.82 Å².